The molecule has 0 saturated carbocycles. The number of nitrogens with zero attached hydrogens (tertiary/aromatic N) is 2. The molecule has 3 rings (SSSR count). The van der Waals surface area contributed by atoms with E-state index in [-0.39, 0.29) is 6.10 Å². The summed E-state index contributed by atoms with van der Waals surface area (Å²) in [6, 6.07) is 17.9. The van der Waals surface area contributed by atoms with E-state index in [4.69, 9.17) is 21.2 Å². The summed E-state index contributed by atoms with van der Waals surface area (Å²) >= 11 is 6.13. The molecule has 0 amide bonds. The van der Waals surface area contributed by atoms with Gasteiger partial charge in [-0.2, -0.15) is 0 Å². The molecule has 6 heteroatoms. The molecule has 28 heavy (non-hydrogen) atoms. The van der Waals surface area contributed by atoms with Crippen molar-refractivity contribution >= 4 is 17.3 Å². The molecule has 0 spiro atoms. The molecular weight excluding hydrogens is 376 g/mol. The predicted octanol–water partition coefficient (Wildman–Crippen LogP) is 3.73. The molecule has 1 N–H and O–H groups in total. The molecule has 2 atom stereocenters. The van der Waals surface area contributed by atoms with Gasteiger partial charge in [0.1, 0.15) is 6.10 Å². The van der Waals surface area contributed by atoms with Gasteiger partial charge >= 0.3 is 0 Å². The first-order valence-electron chi connectivity index (χ1n) is 9.64. The number of halogens is 1. The van der Waals surface area contributed by atoms with Gasteiger partial charge in [-0.15, -0.1) is 0 Å². The van der Waals surface area contributed by atoms with E-state index in [0.717, 1.165) is 23.3 Å². The summed E-state index contributed by atoms with van der Waals surface area (Å²) in [4.78, 5) is 7.85. The van der Waals surface area contributed by atoms with Crippen LogP contribution in [0.15, 0.2) is 59.8 Å². The van der Waals surface area contributed by atoms with Crippen molar-refractivity contribution < 1.29 is 14.7 Å². The van der Waals surface area contributed by atoms with Gasteiger partial charge in [0.15, 0.2) is 0 Å². The van der Waals surface area contributed by atoms with Crippen LogP contribution in [0, 0.1) is 0 Å². The fourth-order valence-corrected chi connectivity index (χ4v) is 3.53. The predicted molar refractivity (Wildman–Crippen MR) is 112 cm³/mol. The van der Waals surface area contributed by atoms with Gasteiger partial charge in [-0.3, -0.25) is 4.90 Å². The minimum Gasteiger partial charge on any atom is -0.390 e. The zero-order valence-electron chi connectivity index (χ0n) is 16.1. The molecule has 5 nitrogen and oxygen atoms in total. The molecule has 0 bridgehead atoms. The summed E-state index contributed by atoms with van der Waals surface area (Å²) in [5.74, 6) is 0. The van der Waals surface area contributed by atoms with Crippen molar-refractivity contribution in [2.75, 3.05) is 26.3 Å². The van der Waals surface area contributed by atoms with Gasteiger partial charge in [-0.25, -0.2) is 0 Å². The van der Waals surface area contributed by atoms with E-state index in [1.54, 1.807) is 0 Å². The van der Waals surface area contributed by atoms with Gasteiger partial charge in [0, 0.05) is 37.7 Å². The molecule has 0 aliphatic carbocycles. The molecule has 0 radical (unpaired) electrons. The lowest BCUT2D eigenvalue weighted by Crippen LogP contribution is -2.39. The highest BCUT2D eigenvalue weighted by Gasteiger charge is 2.25. The van der Waals surface area contributed by atoms with Crippen LogP contribution in [0.1, 0.15) is 24.5 Å². The van der Waals surface area contributed by atoms with Gasteiger partial charge in [0.2, 0.25) is 0 Å². The minimum absolute atomic E-state index is 0.0475. The van der Waals surface area contributed by atoms with Crippen LogP contribution < -0.4 is 0 Å². The number of hydrogen-bond acceptors (Lipinski definition) is 5. The van der Waals surface area contributed by atoms with Crippen molar-refractivity contribution in [3.63, 3.8) is 0 Å². The number of benzene rings is 2. The van der Waals surface area contributed by atoms with Crippen molar-refractivity contribution in [3.05, 3.63) is 70.7 Å². The minimum atomic E-state index is -0.560. The average Bonchev–Trinajstić information content (AvgIpc) is 3.15. The lowest BCUT2D eigenvalue weighted by atomic mass is 10.0. The van der Waals surface area contributed by atoms with Crippen LogP contribution in [0.2, 0.25) is 5.02 Å². The summed E-state index contributed by atoms with van der Waals surface area (Å²) in [5, 5.41) is 15.3. The van der Waals surface area contributed by atoms with Crippen molar-refractivity contribution in [3.8, 4) is 0 Å². The van der Waals surface area contributed by atoms with Gasteiger partial charge in [-0.1, -0.05) is 59.2 Å². The van der Waals surface area contributed by atoms with E-state index in [0.29, 0.717) is 37.9 Å². The maximum absolute atomic E-state index is 10.3. The molecular formula is C22H27ClN2O3. The Morgan fingerprint density at radius 2 is 2.07 bits per heavy atom. The molecule has 0 aromatic heterocycles. The lowest BCUT2D eigenvalue weighted by Gasteiger charge is -2.27. The SMILES string of the molecule is CCOC[C@H](O)CN(Cc1cccc(Cl)c1)C[C@H]1CC(c2ccccc2)=NO1. The smallest absolute Gasteiger partial charge is 0.145 e. The average molecular weight is 403 g/mol. The van der Waals surface area contributed by atoms with Crippen LogP contribution in [0.3, 0.4) is 0 Å². The summed E-state index contributed by atoms with van der Waals surface area (Å²) < 4.78 is 5.36. The van der Waals surface area contributed by atoms with Crippen LogP contribution in [0.4, 0.5) is 0 Å². The fraction of sp³-hybridized carbons (Fsp3) is 0.409. The first-order chi connectivity index (χ1) is 13.6. The van der Waals surface area contributed by atoms with Crippen molar-refractivity contribution in [2.24, 2.45) is 5.16 Å². The number of ether oxygens (including phenoxy) is 1. The summed E-state index contributed by atoms with van der Waals surface area (Å²) in [6.07, 6.45) is 0.140. The Morgan fingerprint density at radius 3 is 2.82 bits per heavy atom. The summed E-state index contributed by atoms with van der Waals surface area (Å²) in [5.41, 5.74) is 3.14. The summed E-state index contributed by atoms with van der Waals surface area (Å²) in [7, 11) is 0. The number of oxime groups is 1. The van der Waals surface area contributed by atoms with E-state index in [1.165, 1.54) is 0 Å². The summed E-state index contributed by atoms with van der Waals surface area (Å²) in [6.45, 7) is 4.66. The van der Waals surface area contributed by atoms with E-state index in [2.05, 4.69) is 10.1 Å². The van der Waals surface area contributed by atoms with Gasteiger partial charge in [0.25, 0.3) is 0 Å². The second-order valence-electron chi connectivity index (χ2n) is 6.97. The standard InChI is InChI=1S/C22H27ClN2O3/c1-2-27-16-20(26)14-25(13-17-7-6-10-19(23)11-17)15-21-12-22(24-28-21)18-8-4-3-5-9-18/h3-11,20-21,26H,2,12-16H2,1H3/t20-,21-/m1/s1. The molecule has 1 aliphatic heterocycles. The number of hydrogen-bond donors (Lipinski definition) is 1. The van der Waals surface area contributed by atoms with Crippen LogP contribution >= 0.6 is 11.6 Å². The van der Waals surface area contributed by atoms with Gasteiger partial charge in [-0.05, 0) is 30.2 Å². The quantitative estimate of drug-likeness (QED) is 0.657. The third-order valence-corrected chi connectivity index (χ3v) is 4.82. The van der Waals surface area contributed by atoms with Crippen molar-refractivity contribution in [1.29, 1.82) is 0 Å². The highest BCUT2D eigenvalue weighted by molar-refractivity contribution is 6.30. The molecule has 1 aliphatic rings. The lowest BCUT2D eigenvalue weighted by molar-refractivity contribution is 0.000496. The van der Waals surface area contributed by atoms with Gasteiger partial charge in [0.05, 0.1) is 18.4 Å². The van der Waals surface area contributed by atoms with E-state index in [1.807, 2.05) is 61.5 Å². The molecule has 1 heterocycles. The normalized spacial score (nSPS) is 17.4. The maximum Gasteiger partial charge on any atom is 0.145 e. The Bertz CT molecular complexity index is 769. The zero-order chi connectivity index (χ0) is 19.8. The Morgan fingerprint density at radius 1 is 1.25 bits per heavy atom. The Kier molecular flexibility index (Phi) is 7.86. The molecule has 0 fully saturated rings. The van der Waals surface area contributed by atoms with Crippen molar-refractivity contribution in [2.45, 2.75) is 32.1 Å². The zero-order valence-corrected chi connectivity index (χ0v) is 16.9. The molecule has 2 aromatic rings. The number of aliphatic hydroxyl groups is 1. The largest absolute Gasteiger partial charge is 0.390 e. The highest BCUT2D eigenvalue weighted by Crippen LogP contribution is 2.19. The molecule has 0 unspecified atom stereocenters. The molecule has 2 aromatic carbocycles. The van der Waals surface area contributed by atoms with E-state index in [9.17, 15) is 5.11 Å². The molecule has 150 valence electrons. The Labute approximate surface area is 171 Å². The maximum atomic E-state index is 10.3. The second kappa shape index (κ2) is 10.6. The Balaban J connectivity index is 1.62. The topological polar surface area (TPSA) is 54.3 Å². The first kappa shape index (κ1) is 20.8. The van der Waals surface area contributed by atoms with Crippen LogP contribution in [0.5, 0.6) is 0 Å². The van der Waals surface area contributed by atoms with E-state index >= 15 is 0 Å². The van der Waals surface area contributed by atoms with Crippen LogP contribution in [-0.4, -0.2) is 54.2 Å². The third-order valence-electron chi connectivity index (χ3n) is 4.58. The van der Waals surface area contributed by atoms with Gasteiger partial charge < -0.3 is 14.7 Å². The van der Waals surface area contributed by atoms with E-state index < -0.39 is 6.10 Å². The number of aliphatic hydroxyl groups excluding tert-OH is 1. The third kappa shape index (κ3) is 6.31. The van der Waals surface area contributed by atoms with Crippen LogP contribution in [-0.2, 0) is 16.1 Å². The highest BCUT2D eigenvalue weighted by atomic mass is 35.5. The fourth-order valence-electron chi connectivity index (χ4n) is 3.32. The number of rotatable bonds is 10. The van der Waals surface area contributed by atoms with Crippen molar-refractivity contribution in [1.82, 2.24) is 4.90 Å². The van der Waals surface area contributed by atoms with Crippen LogP contribution in [0.25, 0.3) is 0 Å². The monoisotopic (exact) mass is 402 g/mol. The first-order valence-corrected chi connectivity index (χ1v) is 10.0. The Hall–Kier alpha value is -1.92. The second-order valence-corrected chi connectivity index (χ2v) is 7.41. The molecule has 0 saturated heterocycles.